The van der Waals surface area contributed by atoms with Gasteiger partial charge in [0.05, 0.1) is 4.90 Å². The van der Waals surface area contributed by atoms with Crippen molar-refractivity contribution in [2.75, 3.05) is 40.3 Å². The minimum Gasteiger partial charge on any atom is -0.207 e. The van der Waals surface area contributed by atoms with E-state index in [2.05, 4.69) is 0 Å². The summed E-state index contributed by atoms with van der Waals surface area (Å²) in [6.07, 6.45) is 0. The van der Waals surface area contributed by atoms with Crippen LogP contribution in [0.15, 0.2) is 29.2 Å². The van der Waals surface area contributed by atoms with Crippen molar-refractivity contribution < 1.29 is 16.8 Å². The van der Waals surface area contributed by atoms with Gasteiger partial charge >= 0.3 is 0 Å². The zero-order chi connectivity index (χ0) is 16.5. The second kappa shape index (κ2) is 6.42. The Kier molecular flexibility index (Phi) is 5.15. The first-order valence-corrected chi connectivity index (χ1v) is 9.80. The molecule has 0 radical (unpaired) electrons. The Morgan fingerprint density at radius 3 is 1.82 bits per heavy atom. The molecular formula is C12H18ClN3O4S2. The summed E-state index contributed by atoms with van der Waals surface area (Å²) in [5, 5.41) is 0.459. The molecule has 0 atom stereocenters. The van der Waals surface area contributed by atoms with Gasteiger partial charge in [-0.3, -0.25) is 0 Å². The van der Waals surface area contributed by atoms with Crippen LogP contribution in [0.2, 0.25) is 5.02 Å². The lowest BCUT2D eigenvalue weighted by Crippen LogP contribution is -2.52. The predicted molar refractivity (Wildman–Crippen MR) is 84.4 cm³/mol. The minimum absolute atomic E-state index is 0.123. The molecule has 1 aliphatic rings. The van der Waals surface area contributed by atoms with Crippen LogP contribution >= 0.6 is 11.6 Å². The lowest BCUT2D eigenvalue weighted by molar-refractivity contribution is 0.262. The summed E-state index contributed by atoms with van der Waals surface area (Å²) in [5.41, 5.74) is 0. The molecule has 1 aromatic carbocycles. The van der Waals surface area contributed by atoms with Gasteiger partial charge in [0.2, 0.25) is 10.0 Å². The molecule has 10 heteroatoms. The third kappa shape index (κ3) is 3.44. The second-order valence-electron chi connectivity index (χ2n) is 5.05. The standard InChI is InChI=1S/C12H18ClN3O4S2/c1-14(2)22(19,20)16-9-7-15(8-10-16)21(17,18)12-5-3-11(13)4-6-12/h3-6H,7-10H2,1-2H3. The van der Waals surface area contributed by atoms with Crippen molar-refractivity contribution in [3.63, 3.8) is 0 Å². The van der Waals surface area contributed by atoms with Crippen LogP contribution in [0.1, 0.15) is 0 Å². The monoisotopic (exact) mass is 367 g/mol. The van der Waals surface area contributed by atoms with Crippen molar-refractivity contribution in [2.45, 2.75) is 4.90 Å². The summed E-state index contributed by atoms with van der Waals surface area (Å²) in [4.78, 5) is 0.154. The maximum absolute atomic E-state index is 12.5. The Bertz CT molecular complexity index is 724. The van der Waals surface area contributed by atoms with E-state index < -0.39 is 20.2 Å². The zero-order valence-corrected chi connectivity index (χ0v) is 14.7. The number of rotatable bonds is 4. The summed E-state index contributed by atoms with van der Waals surface area (Å²) in [6.45, 7) is 0.511. The zero-order valence-electron chi connectivity index (χ0n) is 12.3. The van der Waals surface area contributed by atoms with E-state index in [0.717, 1.165) is 4.31 Å². The van der Waals surface area contributed by atoms with Crippen molar-refractivity contribution in [1.82, 2.24) is 12.9 Å². The van der Waals surface area contributed by atoms with Crippen LogP contribution in [0.25, 0.3) is 0 Å². The molecule has 1 fully saturated rings. The van der Waals surface area contributed by atoms with Crippen LogP contribution in [-0.4, -0.2) is 70.0 Å². The van der Waals surface area contributed by atoms with E-state index in [1.807, 2.05) is 0 Å². The van der Waals surface area contributed by atoms with Crippen molar-refractivity contribution in [3.8, 4) is 0 Å². The largest absolute Gasteiger partial charge is 0.281 e. The smallest absolute Gasteiger partial charge is 0.207 e. The Hall–Kier alpha value is -0.710. The fraction of sp³-hybridized carbons (Fsp3) is 0.500. The molecule has 1 aromatic rings. The fourth-order valence-electron chi connectivity index (χ4n) is 2.13. The Morgan fingerprint density at radius 2 is 1.36 bits per heavy atom. The maximum atomic E-state index is 12.5. The number of halogens is 1. The summed E-state index contributed by atoms with van der Waals surface area (Å²) < 4.78 is 52.7. The number of benzene rings is 1. The summed E-state index contributed by atoms with van der Waals surface area (Å²) >= 11 is 5.76. The summed E-state index contributed by atoms with van der Waals surface area (Å²) in [5.74, 6) is 0. The normalized spacial score (nSPS) is 18.7. The third-order valence-corrected chi connectivity index (χ3v) is 7.54. The Labute approximate surface area is 136 Å². The van der Waals surface area contributed by atoms with E-state index in [-0.39, 0.29) is 31.1 Å². The average Bonchev–Trinajstić information content (AvgIpc) is 2.47. The number of nitrogens with zero attached hydrogens (tertiary/aromatic N) is 3. The molecule has 0 unspecified atom stereocenters. The highest BCUT2D eigenvalue weighted by molar-refractivity contribution is 7.89. The lowest BCUT2D eigenvalue weighted by Gasteiger charge is -2.34. The van der Waals surface area contributed by atoms with Crippen LogP contribution in [0.5, 0.6) is 0 Å². The van der Waals surface area contributed by atoms with Gasteiger partial charge in [-0.15, -0.1) is 0 Å². The van der Waals surface area contributed by atoms with Gasteiger partial charge in [0.1, 0.15) is 0 Å². The molecular weight excluding hydrogens is 350 g/mol. The molecule has 1 aliphatic heterocycles. The van der Waals surface area contributed by atoms with Gasteiger partial charge in [0, 0.05) is 45.3 Å². The van der Waals surface area contributed by atoms with Gasteiger partial charge in [-0.1, -0.05) is 11.6 Å². The van der Waals surface area contributed by atoms with Crippen LogP contribution in [-0.2, 0) is 20.2 Å². The van der Waals surface area contributed by atoms with Crippen LogP contribution < -0.4 is 0 Å². The molecule has 0 aromatic heterocycles. The third-order valence-electron chi connectivity index (χ3n) is 3.44. The van der Waals surface area contributed by atoms with Crippen LogP contribution in [0.4, 0.5) is 0 Å². The highest BCUT2D eigenvalue weighted by Crippen LogP contribution is 2.20. The average molecular weight is 368 g/mol. The van der Waals surface area contributed by atoms with Crippen LogP contribution in [0.3, 0.4) is 0 Å². The molecule has 0 amide bonds. The van der Waals surface area contributed by atoms with E-state index in [1.165, 1.54) is 47.0 Å². The number of sulfonamides is 1. The molecule has 1 heterocycles. The van der Waals surface area contributed by atoms with Gasteiger partial charge < -0.3 is 0 Å². The molecule has 0 aliphatic carbocycles. The number of piperazine rings is 1. The molecule has 7 nitrogen and oxygen atoms in total. The van der Waals surface area contributed by atoms with E-state index in [9.17, 15) is 16.8 Å². The molecule has 22 heavy (non-hydrogen) atoms. The fourth-order valence-corrected chi connectivity index (χ4v) is 4.76. The highest BCUT2D eigenvalue weighted by atomic mass is 35.5. The Morgan fingerprint density at radius 1 is 0.909 bits per heavy atom. The lowest BCUT2D eigenvalue weighted by atomic mass is 10.4. The van der Waals surface area contributed by atoms with Crippen molar-refractivity contribution in [1.29, 1.82) is 0 Å². The molecule has 0 spiro atoms. The van der Waals surface area contributed by atoms with E-state index in [4.69, 9.17) is 11.6 Å². The molecule has 2 rings (SSSR count). The molecule has 0 saturated carbocycles. The second-order valence-corrected chi connectivity index (χ2v) is 9.56. The van der Waals surface area contributed by atoms with E-state index >= 15 is 0 Å². The van der Waals surface area contributed by atoms with Crippen molar-refractivity contribution in [3.05, 3.63) is 29.3 Å². The first kappa shape index (κ1) is 17.6. The van der Waals surface area contributed by atoms with E-state index in [0.29, 0.717) is 5.02 Å². The van der Waals surface area contributed by atoms with Gasteiger partial charge in [0.15, 0.2) is 0 Å². The number of hydrogen-bond donors (Lipinski definition) is 0. The molecule has 1 saturated heterocycles. The SMILES string of the molecule is CN(C)S(=O)(=O)N1CCN(S(=O)(=O)c2ccc(Cl)cc2)CC1. The molecule has 0 bridgehead atoms. The van der Waals surface area contributed by atoms with Gasteiger partial charge in [-0.2, -0.15) is 21.3 Å². The molecule has 0 N–H and O–H groups in total. The van der Waals surface area contributed by atoms with Gasteiger partial charge in [-0.25, -0.2) is 8.42 Å². The molecule has 124 valence electrons. The minimum atomic E-state index is -3.63. The first-order valence-electron chi connectivity index (χ1n) is 6.59. The quantitative estimate of drug-likeness (QED) is 0.774. The topological polar surface area (TPSA) is 78.0 Å². The van der Waals surface area contributed by atoms with Crippen molar-refractivity contribution >= 4 is 31.8 Å². The van der Waals surface area contributed by atoms with Gasteiger partial charge in [-0.05, 0) is 24.3 Å². The highest BCUT2D eigenvalue weighted by Gasteiger charge is 2.33. The summed E-state index contributed by atoms with van der Waals surface area (Å²) in [6, 6.07) is 5.92. The Balaban J connectivity index is 2.13. The first-order chi connectivity index (χ1) is 10.2. The van der Waals surface area contributed by atoms with E-state index in [1.54, 1.807) is 0 Å². The van der Waals surface area contributed by atoms with Crippen molar-refractivity contribution in [2.24, 2.45) is 0 Å². The summed E-state index contributed by atoms with van der Waals surface area (Å²) in [7, 11) is -4.24. The predicted octanol–water partition coefficient (Wildman–Crippen LogP) is 0.453. The van der Waals surface area contributed by atoms with Crippen LogP contribution in [0, 0.1) is 0 Å². The number of hydrogen-bond acceptors (Lipinski definition) is 4. The maximum Gasteiger partial charge on any atom is 0.281 e. The van der Waals surface area contributed by atoms with Gasteiger partial charge in [0.25, 0.3) is 10.2 Å².